The molecule has 0 aliphatic heterocycles. The fraction of sp³-hybridized carbons (Fsp3) is 0.0714. The third kappa shape index (κ3) is 3.16. The van der Waals surface area contributed by atoms with Crippen LogP contribution in [0.25, 0.3) is 0 Å². The maximum atomic E-state index is 11.0. The van der Waals surface area contributed by atoms with Gasteiger partial charge in [-0.3, -0.25) is 10.1 Å². The van der Waals surface area contributed by atoms with Gasteiger partial charge in [-0.15, -0.1) is 0 Å². The molecule has 0 saturated heterocycles. The summed E-state index contributed by atoms with van der Waals surface area (Å²) in [6.45, 7) is 1.96. The van der Waals surface area contributed by atoms with E-state index in [1.165, 1.54) is 23.9 Å². The maximum absolute atomic E-state index is 11.0. The Morgan fingerprint density at radius 3 is 2.40 bits per heavy atom. The van der Waals surface area contributed by atoms with Crippen molar-refractivity contribution in [2.24, 2.45) is 0 Å². The van der Waals surface area contributed by atoms with E-state index in [1.807, 2.05) is 31.2 Å². The zero-order valence-electron chi connectivity index (χ0n) is 10.6. The van der Waals surface area contributed by atoms with Crippen molar-refractivity contribution in [3.63, 3.8) is 0 Å². The molecule has 2 aromatic carbocycles. The van der Waals surface area contributed by atoms with Crippen molar-refractivity contribution in [3.05, 3.63) is 63.7 Å². The fourth-order valence-electron chi connectivity index (χ4n) is 1.61. The van der Waals surface area contributed by atoms with Gasteiger partial charge in [-0.2, -0.15) is 0 Å². The topological polar surface area (TPSA) is 80.4 Å². The largest absolute Gasteiger partial charge is 0.478 e. The number of nitro groups is 1. The van der Waals surface area contributed by atoms with E-state index in [0.29, 0.717) is 4.90 Å². The van der Waals surface area contributed by atoms with Gasteiger partial charge in [0.05, 0.1) is 15.4 Å². The van der Waals surface area contributed by atoms with Crippen LogP contribution in [0.1, 0.15) is 15.9 Å². The second-order valence-electron chi connectivity index (χ2n) is 4.16. The normalized spacial score (nSPS) is 10.2. The number of carboxylic acids is 1. The van der Waals surface area contributed by atoms with E-state index in [2.05, 4.69) is 0 Å². The number of carbonyl (C=O) groups is 1. The van der Waals surface area contributed by atoms with Crippen LogP contribution in [0.2, 0.25) is 0 Å². The molecule has 0 saturated carbocycles. The highest BCUT2D eigenvalue weighted by Gasteiger charge is 2.18. The van der Waals surface area contributed by atoms with Crippen LogP contribution in [0.5, 0.6) is 0 Å². The zero-order valence-corrected chi connectivity index (χ0v) is 11.4. The second kappa shape index (κ2) is 5.75. The van der Waals surface area contributed by atoms with Crippen LogP contribution in [0, 0.1) is 17.0 Å². The van der Waals surface area contributed by atoms with E-state index in [0.717, 1.165) is 16.5 Å². The Labute approximate surface area is 119 Å². The summed E-state index contributed by atoms with van der Waals surface area (Å²) in [5, 5.41) is 19.9. The molecule has 2 aromatic rings. The number of rotatable bonds is 4. The van der Waals surface area contributed by atoms with Crippen LogP contribution < -0.4 is 0 Å². The molecule has 0 atom stereocenters. The maximum Gasteiger partial charge on any atom is 0.335 e. The lowest BCUT2D eigenvalue weighted by Gasteiger charge is -2.04. The summed E-state index contributed by atoms with van der Waals surface area (Å²) < 4.78 is 0. The number of hydrogen-bond acceptors (Lipinski definition) is 4. The van der Waals surface area contributed by atoms with Gasteiger partial charge in [0.1, 0.15) is 0 Å². The van der Waals surface area contributed by atoms with E-state index in [4.69, 9.17) is 5.11 Å². The van der Waals surface area contributed by atoms with Crippen molar-refractivity contribution >= 4 is 23.4 Å². The van der Waals surface area contributed by atoms with E-state index in [9.17, 15) is 14.9 Å². The molecular formula is C14H11NO4S. The van der Waals surface area contributed by atoms with Gasteiger partial charge in [-0.25, -0.2) is 4.79 Å². The lowest BCUT2D eigenvalue weighted by Crippen LogP contribution is -1.99. The molecule has 0 aliphatic carbocycles. The minimum atomic E-state index is -1.18. The summed E-state index contributed by atoms with van der Waals surface area (Å²) in [4.78, 5) is 22.6. The average Bonchev–Trinajstić information content (AvgIpc) is 2.41. The number of benzene rings is 2. The summed E-state index contributed by atoms with van der Waals surface area (Å²) in [6.07, 6.45) is 0. The number of nitrogens with zero attached hydrogens (tertiary/aromatic N) is 1. The van der Waals surface area contributed by atoms with Crippen LogP contribution >= 0.6 is 11.8 Å². The lowest BCUT2D eigenvalue weighted by molar-refractivity contribution is -0.387. The fourth-order valence-corrected chi connectivity index (χ4v) is 2.51. The highest BCUT2D eigenvalue weighted by molar-refractivity contribution is 7.99. The van der Waals surface area contributed by atoms with Crippen molar-refractivity contribution in [2.45, 2.75) is 16.7 Å². The summed E-state index contributed by atoms with van der Waals surface area (Å²) in [5.74, 6) is -1.18. The quantitative estimate of drug-likeness (QED) is 0.684. The van der Waals surface area contributed by atoms with Crippen molar-refractivity contribution in [2.75, 3.05) is 0 Å². The van der Waals surface area contributed by atoms with Crippen LogP contribution in [-0.2, 0) is 0 Å². The molecule has 2 rings (SSSR count). The molecule has 6 heteroatoms. The molecule has 102 valence electrons. The van der Waals surface area contributed by atoms with Gasteiger partial charge < -0.3 is 5.11 Å². The molecule has 5 nitrogen and oxygen atoms in total. The SMILES string of the molecule is Cc1ccc(Sc2ccc(C(=O)O)cc2[N+](=O)[O-])cc1. The first kappa shape index (κ1) is 14.1. The first-order chi connectivity index (χ1) is 9.47. The van der Waals surface area contributed by atoms with Gasteiger partial charge in [0.2, 0.25) is 0 Å². The van der Waals surface area contributed by atoms with E-state index in [1.54, 1.807) is 0 Å². The Morgan fingerprint density at radius 1 is 1.20 bits per heavy atom. The van der Waals surface area contributed by atoms with Crippen molar-refractivity contribution in [1.29, 1.82) is 0 Å². The van der Waals surface area contributed by atoms with Crippen LogP contribution in [0.3, 0.4) is 0 Å². The summed E-state index contributed by atoms with van der Waals surface area (Å²) in [5.41, 5.74) is 0.811. The molecule has 0 amide bonds. The van der Waals surface area contributed by atoms with Crippen LogP contribution in [-0.4, -0.2) is 16.0 Å². The highest BCUT2D eigenvalue weighted by Crippen LogP contribution is 2.35. The zero-order chi connectivity index (χ0) is 14.7. The van der Waals surface area contributed by atoms with Crippen molar-refractivity contribution in [1.82, 2.24) is 0 Å². The minimum Gasteiger partial charge on any atom is -0.478 e. The summed E-state index contributed by atoms with van der Waals surface area (Å²) in [7, 11) is 0. The molecule has 0 bridgehead atoms. The number of aromatic carboxylic acids is 1. The first-order valence-corrected chi connectivity index (χ1v) is 6.55. The van der Waals surface area contributed by atoms with Gasteiger partial charge in [-0.05, 0) is 31.2 Å². The van der Waals surface area contributed by atoms with Crippen molar-refractivity contribution < 1.29 is 14.8 Å². The summed E-state index contributed by atoms with van der Waals surface area (Å²) >= 11 is 1.24. The third-order valence-electron chi connectivity index (χ3n) is 2.65. The Bertz CT molecular complexity index is 667. The van der Waals surface area contributed by atoms with Gasteiger partial charge in [0.25, 0.3) is 5.69 Å². The van der Waals surface area contributed by atoms with Gasteiger partial charge >= 0.3 is 5.97 Å². The number of carboxylic acid groups (broad SMARTS) is 1. The molecule has 0 heterocycles. The molecular weight excluding hydrogens is 278 g/mol. The van der Waals surface area contributed by atoms with Gasteiger partial charge in [0, 0.05) is 11.0 Å². The van der Waals surface area contributed by atoms with E-state index in [-0.39, 0.29) is 11.3 Å². The number of nitro benzene ring substituents is 1. The van der Waals surface area contributed by atoms with E-state index >= 15 is 0 Å². The molecule has 0 fully saturated rings. The number of hydrogen-bond donors (Lipinski definition) is 1. The Morgan fingerprint density at radius 2 is 1.85 bits per heavy atom. The smallest absolute Gasteiger partial charge is 0.335 e. The summed E-state index contributed by atoms with van der Waals surface area (Å²) in [6, 6.07) is 11.5. The Hall–Kier alpha value is -2.34. The molecule has 1 N–H and O–H groups in total. The monoisotopic (exact) mass is 289 g/mol. The molecule has 0 aromatic heterocycles. The Kier molecular flexibility index (Phi) is 4.05. The van der Waals surface area contributed by atoms with Crippen LogP contribution in [0.4, 0.5) is 5.69 Å². The molecule has 0 spiro atoms. The standard InChI is InChI=1S/C14H11NO4S/c1-9-2-5-11(6-3-9)20-13-7-4-10(14(16)17)8-12(13)15(18)19/h2-8H,1H3,(H,16,17). The number of aryl methyl sites for hydroxylation is 1. The predicted molar refractivity (Wildman–Crippen MR) is 75.4 cm³/mol. The first-order valence-electron chi connectivity index (χ1n) is 5.73. The van der Waals surface area contributed by atoms with Gasteiger partial charge in [-0.1, -0.05) is 29.5 Å². The second-order valence-corrected chi connectivity index (χ2v) is 5.28. The van der Waals surface area contributed by atoms with Crippen molar-refractivity contribution in [3.8, 4) is 0 Å². The minimum absolute atomic E-state index is 0.0926. The predicted octanol–water partition coefficient (Wildman–Crippen LogP) is 3.75. The molecule has 20 heavy (non-hydrogen) atoms. The van der Waals surface area contributed by atoms with Gasteiger partial charge in [0.15, 0.2) is 0 Å². The third-order valence-corrected chi connectivity index (χ3v) is 3.72. The lowest BCUT2D eigenvalue weighted by atomic mass is 10.2. The molecule has 0 unspecified atom stereocenters. The Balaban J connectivity index is 2.38. The molecule has 0 aliphatic rings. The highest BCUT2D eigenvalue weighted by atomic mass is 32.2. The van der Waals surface area contributed by atoms with E-state index < -0.39 is 10.9 Å². The van der Waals surface area contributed by atoms with Crippen LogP contribution in [0.15, 0.2) is 52.3 Å². The average molecular weight is 289 g/mol. The molecule has 0 radical (unpaired) electrons.